The van der Waals surface area contributed by atoms with Crippen molar-refractivity contribution >= 4 is 11.6 Å². The van der Waals surface area contributed by atoms with E-state index in [1.807, 2.05) is 0 Å². The zero-order valence-corrected chi connectivity index (χ0v) is 13.7. The molecule has 1 aromatic rings. The van der Waals surface area contributed by atoms with Gasteiger partial charge in [-0.1, -0.05) is 39.3 Å². The monoisotopic (exact) mass is 298 g/mol. The lowest BCUT2D eigenvalue weighted by atomic mass is 9.99. The average molecular weight is 299 g/mol. The summed E-state index contributed by atoms with van der Waals surface area (Å²) in [4.78, 5) is 0. The lowest BCUT2D eigenvalue weighted by molar-refractivity contribution is 0.130. The Morgan fingerprint density at radius 3 is 1.90 bits per heavy atom. The molecule has 1 aliphatic carbocycles. The molecule has 0 saturated heterocycles. The van der Waals surface area contributed by atoms with E-state index in [0.29, 0.717) is 22.1 Å². The number of hydrogen-bond acceptors (Lipinski definition) is 3. The van der Waals surface area contributed by atoms with Crippen LogP contribution in [0.15, 0.2) is 12.1 Å². The molecule has 1 saturated carbocycles. The van der Waals surface area contributed by atoms with E-state index in [2.05, 4.69) is 27.7 Å². The summed E-state index contributed by atoms with van der Waals surface area (Å²) in [5, 5.41) is 11.2. The summed E-state index contributed by atoms with van der Waals surface area (Å²) >= 11 is 6.29. The summed E-state index contributed by atoms with van der Waals surface area (Å²) in [5.41, 5.74) is 0.874. The van der Waals surface area contributed by atoms with Gasteiger partial charge in [0.05, 0.1) is 25.3 Å². The summed E-state index contributed by atoms with van der Waals surface area (Å²) in [7, 11) is 3.14. The van der Waals surface area contributed by atoms with Gasteiger partial charge in [0.2, 0.25) is 0 Å². The van der Waals surface area contributed by atoms with E-state index >= 15 is 0 Å². The van der Waals surface area contributed by atoms with Crippen molar-refractivity contribution in [3.8, 4) is 11.5 Å². The van der Waals surface area contributed by atoms with Gasteiger partial charge in [0, 0.05) is 17.5 Å². The zero-order chi connectivity index (χ0) is 15.3. The van der Waals surface area contributed by atoms with Crippen LogP contribution in [-0.4, -0.2) is 19.3 Å². The number of aliphatic hydroxyl groups excluding tert-OH is 1. The number of hydrogen-bond donors (Lipinski definition) is 1. The first-order valence-electron chi connectivity index (χ1n) is 6.78. The second-order valence-electron chi connectivity index (χ2n) is 6.59. The van der Waals surface area contributed by atoms with Crippen molar-refractivity contribution in [1.82, 2.24) is 0 Å². The predicted octanol–water partition coefficient (Wildman–Crippen LogP) is 4.07. The standard InChI is InChI=1S/C16H23ClO3/c1-15(2)14(16(15,3)4)13(18)9-7-11(19-5)12(20-6)8-10(9)17/h7-8,13-14,18H,1-6H3. The second kappa shape index (κ2) is 4.81. The highest BCUT2D eigenvalue weighted by molar-refractivity contribution is 6.31. The van der Waals surface area contributed by atoms with Gasteiger partial charge in [-0.2, -0.15) is 0 Å². The Labute approximate surface area is 125 Å². The van der Waals surface area contributed by atoms with Gasteiger partial charge >= 0.3 is 0 Å². The van der Waals surface area contributed by atoms with E-state index in [1.54, 1.807) is 26.4 Å². The third-order valence-electron chi connectivity index (χ3n) is 5.27. The van der Waals surface area contributed by atoms with Gasteiger partial charge in [0.15, 0.2) is 11.5 Å². The number of benzene rings is 1. The van der Waals surface area contributed by atoms with Crippen LogP contribution in [-0.2, 0) is 0 Å². The molecule has 112 valence electrons. The molecule has 1 aliphatic rings. The average Bonchev–Trinajstić information content (AvgIpc) is 2.78. The third kappa shape index (κ3) is 2.08. The third-order valence-corrected chi connectivity index (χ3v) is 5.60. The van der Waals surface area contributed by atoms with Crippen LogP contribution in [0.4, 0.5) is 0 Å². The van der Waals surface area contributed by atoms with Crippen molar-refractivity contribution in [2.24, 2.45) is 16.7 Å². The fourth-order valence-corrected chi connectivity index (χ4v) is 3.58. The lowest BCUT2D eigenvalue weighted by Gasteiger charge is -2.17. The minimum Gasteiger partial charge on any atom is -0.493 e. The number of halogens is 1. The van der Waals surface area contributed by atoms with E-state index in [0.717, 1.165) is 0 Å². The van der Waals surface area contributed by atoms with Crippen molar-refractivity contribution in [1.29, 1.82) is 0 Å². The van der Waals surface area contributed by atoms with Crippen LogP contribution in [0, 0.1) is 16.7 Å². The Hall–Kier alpha value is -0.930. The van der Waals surface area contributed by atoms with Gasteiger partial charge in [-0.3, -0.25) is 0 Å². The highest BCUT2D eigenvalue weighted by atomic mass is 35.5. The molecule has 1 N–H and O–H groups in total. The summed E-state index contributed by atoms with van der Waals surface area (Å²) < 4.78 is 10.5. The van der Waals surface area contributed by atoms with Gasteiger partial charge in [-0.05, 0) is 16.9 Å². The van der Waals surface area contributed by atoms with E-state index < -0.39 is 6.10 Å². The smallest absolute Gasteiger partial charge is 0.162 e. The van der Waals surface area contributed by atoms with Gasteiger partial charge in [0.1, 0.15) is 0 Å². The molecule has 20 heavy (non-hydrogen) atoms. The molecule has 0 heterocycles. The van der Waals surface area contributed by atoms with Crippen molar-refractivity contribution in [3.63, 3.8) is 0 Å². The van der Waals surface area contributed by atoms with Crippen LogP contribution in [0.25, 0.3) is 0 Å². The van der Waals surface area contributed by atoms with Gasteiger partial charge < -0.3 is 14.6 Å². The Balaban J connectivity index is 2.39. The van der Waals surface area contributed by atoms with Crippen molar-refractivity contribution in [2.75, 3.05) is 14.2 Å². The van der Waals surface area contributed by atoms with Crippen molar-refractivity contribution < 1.29 is 14.6 Å². The largest absolute Gasteiger partial charge is 0.493 e. The minimum atomic E-state index is -0.604. The minimum absolute atomic E-state index is 0.0862. The predicted molar refractivity (Wildman–Crippen MR) is 80.6 cm³/mol. The van der Waals surface area contributed by atoms with E-state index in [1.165, 1.54) is 0 Å². The zero-order valence-electron chi connectivity index (χ0n) is 13.0. The van der Waals surface area contributed by atoms with Crippen LogP contribution in [0.5, 0.6) is 11.5 Å². The lowest BCUT2D eigenvalue weighted by Crippen LogP contribution is -2.07. The maximum absolute atomic E-state index is 10.7. The Bertz CT molecular complexity index is 509. The van der Waals surface area contributed by atoms with Crippen molar-refractivity contribution in [2.45, 2.75) is 33.8 Å². The number of ether oxygens (including phenoxy) is 2. The molecule has 1 unspecified atom stereocenters. The molecular formula is C16H23ClO3. The maximum Gasteiger partial charge on any atom is 0.162 e. The van der Waals surface area contributed by atoms with Crippen LogP contribution < -0.4 is 9.47 Å². The molecule has 2 rings (SSSR count). The Morgan fingerprint density at radius 2 is 1.50 bits per heavy atom. The normalized spacial score (nSPS) is 21.4. The maximum atomic E-state index is 10.7. The van der Waals surface area contributed by atoms with E-state index in [-0.39, 0.29) is 16.7 Å². The van der Waals surface area contributed by atoms with Crippen LogP contribution >= 0.6 is 11.6 Å². The SMILES string of the molecule is COc1cc(Cl)c(C(O)C2C(C)(C)C2(C)C)cc1OC. The molecule has 0 bridgehead atoms. The first-order chi connectivity index (χ1) is 9.18. The highest BCUT2D eigenvalue weighted by Crippen LogP contribution is 2.72. The first-order valence-corrected chi connectivity index (χ1v) is 7.15. The fourth-order valence-electron chi connectivity index (χ4n) is 3.31. The fraction of sp³-hybridized carbons (Fsp3) is 0.625. The molecule has 0 aliphatic heterocycles. The molecule has 0 aromatic heterocycles. The molecule has 1 aromatic carbocycles. The summed E-state index contributed by atoms with van der Waals surface area (Å²) in [6.45, 7) is 8.70. The van der Waals surface area contributed by atoms with Crippen LogP contribution in [0.1, 0.15) is 39.4 Å². The molecular weight excluding hydrogens is 276 g/mol. The topological polar surface area (TPSA) is 38.7 Å². The molecule has 1 fully saturated rings. The summed E-state index contributed by atoms with van der Waals surface area (Å²) in [6, 6.07) is 3.47. The molecule has 0 spiro atoms. The molecule has 4 heteroatoms. The van der Waals surface area contributed by atoms with Gasteiger partial charge in [-0.25, -0.2) is 0 Å². The molecule has 1 atom stereocenters. The van der Waals surface area contributed by atoms with Crippen LogP contribution in [0.3, 0.4) is 0 Å². The number of methoxy groups -OCH3 is 2. The highest BCUT2D eigenvalue weighted by Gasteiger charge is 2.67. The van der Waals surface area contributed by atoms with Gasteiger partial charge in [0.25, 0.3) is 0 Å². The second-order valence-corrected chi connectivity index (χ2v) is 7.00. The summed E-state index contributed by atoms with van der Waals surface area (Å²) in [5.74, 6) is 1.33. The van der Waals surface area contributed by atoms with Gasteiger partial charge in [-0.15, -0.1) is 0 Å². The number of aliphatic hydroxyl groups is 1. The van der Waals surface area contributed by atoms with E-state index in [9.17, 15) is 5.11 Å². The number of rotatable bonds is 4. The van der Waals surface area contributed by atoms with Crippen molar-refractivity contribution in [3.05, 3.63) is 22.7 Å². The first kappa shape index (κ1) is 15.5. The Morgan fingerprint density at radius 1 is 1.05 bits per heavy atom. The quantitative estimate of drug-likeness (QED) is 0.910. The van der Waals surface area contributed by atoms with E-state index in [4.69, 9.17) is 21.1 Å². The Kier molecular flexibility index (Phi) is 3.72. The molecule has 0 amide bonds. The molecule has 3 nitrogen and oxygen atoms in total. The van der Waals surface area contributed by atoms with Crippen LogP contribution in [0.2, 0.25) is 5.02 Å². The summed E-state index contributed by atoms with van der Waals surface area (Å²) in [6.07, 6.45) is -0.604. The molecule has 0 radical (unpaired) electrons.